The molecule has 2 aromatic heterocycles. The Balaban J connectivity index is 1.34. The third-order valence-corrected chi connectivity index (χ3v) is 11.0. The van der Waals surface area contributed by atoms with E-state index in [1.807, 2.05) is 30.3 Å². The molecule has 22 heteroatoms. The molecule has 1 fully saturated rings. The number of amides is 1. The van der Waals surface area contributed by atoms with Crippen LogP contribution in [0.5, 0.6) is 0 Å². The number of hydrogen-bond donors (Lipinski definition) is 5. The lowest BCUT2D eigenvalue weighted by Crippen LogP contribution is -2.39. The van der Waals surface area contributed by atoms with Gasteiger partial charge >= 0.3 is 15.2 Å². The first-order chi connectivity index (χ1) is 25.3. The van der Waals surface area contributed by atoms with E-state index in [1.165, 1.54) is 10.9 Å². The normalized spacial score (nSPS) is 18.5. The topological polar surface area (TPSA) is 246 Å². The van der Waals surface area contributed by atoms with Crippen LogP contribution < -0.4 is 10.2 Å². The Morgan fingerprint density at radius 2 is 1.70 bits per heavy atom. The van der Waals surface area contributed by atoms with Crippen molar-refractivity contribution in [2.24, 2.45) is 0 Å². The predicted octanol–water partition coefficient (Wildman–Crippen LogP) is 1.29. The number of fused-ring (bicyclic) bond motifs is 1. The minimum atomic E-state index is -4.82. The summed E-state index contributed by atoms with van der Waals surface area (Å²) in [6.45, 7) is 2.68. The molecule has 0 aliphatic carbocycles. The molecule has 4 atom stereocenters. The third-order valence-electron chi connectivity index (χ3n) is 7.36. The van der Waals surface area contributed by atoms with Crippen LogP contribution in [0.25, 0.3) is 11.0 Å². The number of nitrogens with one attached hydrogen (secondary N) is 1. The second-order valence-electron chi connectivity index (χ2n) is 11.6. The summed E-state index contributed by atoms with van der Waals surface area (Å²) in [5.41, 5.74) is 1.05. The molecule has 3 aromatic rings. The molecule has 1 aromatic carbocycles. The minimum Gasteiger partial charge on any atom is -0.388 e. The molecule has 53 heavy (non-hydrogen) atoms. The fraction of sp³-hybridized carbons (Fsp3) is 0.548. The van der Waals surface area contributed by atoms with Crippen molar-refractivity contribution < 1.29 is 61.9 Å². The summed E-state index contributed by atoms with van der Waals surface area (Å²) in [5.74, 6) is 0.983. The zero-order chi connectivity index (χ0) is 38.3. The molecule has 3 unspecified atom stereocenters. The number of carbonyl (C=O) groups is 1. The van der Waals surface area contributed by atoms with Gasteiger partial charge in [0.25, 0.3) is 0 Å². The second kappa shape index (κ2) is 21.1. The van der Waals surface area contributed by atoms with E-state index in [1.54, 1.807) is 4.90 Å². The van der Waals surface area contributed by atoms with Crippen molar-refractivity contribution in [3.05, 3.63) is 47.4 Å². The maximum Gasteiger partial charge on any atom is 0.340 e. The van der Waals surface area contributed by atoms with Gasteiger partial charge in [0.2, 0.25) is 11.2 Å². The van der Waals surface area contributed by atoms with E-state index < -0.39 is 46.1 Å². The Labute approximate surface area is 310 Å². The largest absolute Gasteiger partial charge is 0.388 e. The summed E-state index contributed by atoms with van der Waals surface area (Å²) in [5, 5.41) is 18.2. The second-order valence-corrected chi connectivity index (χ2v) is 16.0. The summed E-state index contributed by atoms with van der Waals surface area (Å²) in [6, 6.07) is 9.37. The molecular weight excluding hydrogens is 762 g/mol. The number of nitrogens with zero attached hydrogens (tertiary/aromatic N) is 5. The van der Waals surface area contributed by atoms with Crippen LogP contribution in [0.15, 0.2) is 36.5 Å². The maximum atomic E-state index is 13.2. The highest BCUT2D eigenvalue weighted by atomic mass is 35.5. The molecule has 0 spiro atoms. The van der Waals surface area contributed by atoms with E-state index in [0.717, 1.165) is 5.56 Å². The van der Waals surface area contributed by atoms with Crippen molar-refractivity contribution in [2.45, 2.75) is 31.4 Å². The van der Waals surface area contributed by atoms with E-state index in [2.05, 4.69) is 26.3 Å². The monoisotopic (exact) mass is 804 g/mol. The number of anilines is 1. The minimum absolute atomic E-state index is 0.0511. The van der Waals surface area contributed by atoms with Gasteiger partial charge in [-0.3, -0.25) is 13.9 Å². The first kappa shape index (κ1) is 42.7. The first-order valence-electron chi connectivity index (χ1n) is 16.4. The van der Waals surface area contributed by atoms with Crippen molar-refractivity contribution in [3.63, 3.8) is 0 Å². The van der Waals surface area contributed by atoms with Crippen LogP contribution in [0.1, 0.15) is 18.2 Å². The molecule has 3 heterocycles. The van der Waals surface area contributed by atoms with Gasteiger partial charge < -0.3 is 58.2 Å². The highest BCUT2D eigenvalue weighted by Gasteiger charge is 2.39. The van der Waals surface area contributed by atoms with E-state index >= 15 is 0 Å². The molecule has 1 saturated heterocycles. The van der Waals surface area contributed by atoms with Crippen molar-refractivity contribution in [2.75, 3.05) is 83.4 Å². The Morgan fingerprint density at radius 3 is 2.36 bits per heavy atom. The van der Waals surface area contributed by atoms with Crippen LogP contribution in [0.4, 0.5) is 5.82 Å². The van der Waals surface area contributed by atoms with E-state index in [-0.39, 0.29) is 61.9 Å². The average Bonchev–Trinajstić information content (AvgIpc) is 3.68. The summed E-state index contributed by atoms with van der Waals surface area (Å²) < 4.78 is 56.7. The summed E-state index contributed by atoms with van der Waals surface area (Å²) >= 11 is 6.38. The van der Waals surface area contributed by atoms with E-state index in [0.29, 0.717) is 45.0 Å². The lowest BCUT2D eigenvalue weighted by molar-refractivity contribution is -0.120. The van der Waals surface area contributed by atoms with Crippen LogP contribution in [-0.2, 0) is 48.7 Å². The number of ether oxygens (including phenoxy) is 5. The highest BCUT2D eigenvalue weighted by Crippen LogP contribution is 2.55. The van der Waals surface area contributed by atoms with Gasteiger partial charge in [0.05, 0.1) is 77.1 Å². The fourth-order valence-corrected chi connectivity index (χ4v) is 7.88. The third kappa shape index (κ3) is 14.6. The Hall–Kier alpha value is -3.05. The lowest BCUT2D eigenvalue weighted by atomic mass is 10.2. The van der Waals surface area contributed by atoms with Crippen molar-refractivity contribution >= 4 is 49.6 Å². The molecule has 0 bridgehead atoms. The number of aliphatic hydroxyl groups excluding tert-OH is 1. The predicted molar refractivity (Wildman–Crippen MR) is 190 cm³/mol. The number of rotatable bonds is 24. The van der Waals surface area contributed by atoms with Crippen molar-refractivity contribution in [1.82, 2.24) is 25.1 Å². The van der Waals surface area contributed by atoms with Gasteiger partial charge in [-0.05, 0) is 17.2 Å². The van der Waals surface area contributed by atoms with Gasteiger partial charge in [0.1, 0.15) is 18.5 Å². The van der Waals surface area contributed by atoms with Gasteiger partial charge in [-0.1, -0.05) is 36.3 Å². The number of terminal acetylenes is 1. The van der Waals surface area contributed by atoms with Gasteiger partial charge in [-0.2, -0.15) is 15.1 Å². The molecule has 1 amide bonds. The molecule has 0 saturated carbocycles. The molecule has 0 radical (unpaired) electrons. The molecule has 19 nitrogen and oxygen atoms in total. The molecule has 5 N–H and O–H groups in total. The summed E-state index contributed by atoms with van der Waals surface area (Å²) in [7, 11) is -9.46. The van der Waals surface area contributed by atoms with Crippen LogP contribution in [0.2, 0.25) is 5.28 Å². The van der Waals surface area contributed by atoms with E-state index in [4.69, 9.17) is 56.0 Å². The van der Waals surface area contributed by atoms with Crippen LogP contribution in [0, 0.1) is 12.3 Å². The highest BCUT2D eigenvalue weighted by molar-refractivity contribution is 7.70. The number of benzene rings is 1. The molecule has 292 valence electrons. The number of halogens is 1. The number of hydrogen-bond acceptors (Lipinski definition) is 14. The Kier molecular flexibility index (Phi) is 17.0. The SMILES string of the molecule is C#CCOCCOCCOCCOCCNC(=O)CN(Cc1ccccc1)c1nc(Cl)nc2c1cnn2C1O[C@H](COP(=O)(O)CP(=O)(O)O)CC1O. The lowest BCUT2D eigenvalue weighted by Gasteiger charge is -2.24. The first-order valence-corrected chi connectivity index (χ1v) is 20.3. The molecule has 1 aliphatic heterocycles. The number of carbonyl (C=O) groups excluding carboxylic acids is 1. The molecular formula is C31H43ClN6O13P2. The fourth-order valence-electron chi connectivity index (χ4n) is 5.13. The zero-order valence-corrected chi connectivity index (χ0v) is 31.2. The smallest absolute Gasteiger partial charge is 0.340 e. The van der Waals surface area contributed by atoms with Crippen LogP contribution in [-0.4, -0.2) is 136 Å². The standard InChI is InChI=1S/C31H43ClN6O13P2/c1-2-9-46-11-13-48-15-16-49-14-12-47-10-8-33-27(40)20-37(19-23-6-4-3-5-7-23)28-25-18-34-38(29(25)36-31(32)35-28)30-26(39)17-24(51-30)21-50-53(44,45)22-52(41,42)43/h1,3-7,18,24,26,30,39H,8-17,19-22H2,(H,33,40)(H,44,45)(H2,41,42,43)/t24-,26?,30?/m0/s1. The number of aromatic nitrogens is 4. The van der Waals surface area contributed by atoms with Gasteiger partial charge in [0.15, 0.2) is 17.8 Å². The molecule has 1 aliphatic rings. The average molecular weight is 805 g/mol. The van der Waals surface area contributed by atoms with Crippen molar-refractivity contribution in [3.8, 4) is 12.3 Å². The molecule has 4 rings (SSSR count). The summed E-state index contributed by atoms with van der Waals surface area (Å²) in [4.78, 5) is 51.5. The Morgan fingerprint density at radius 1 is 1.04 bits per heavy atom. The van der Waals surface area contributed by atoms with Crippen molar-refractivity contribution in [1.29, 1.82) is 0 Å². The van der Waals surface area contributed by atoms with Crippen LogP contribution in [0.3, 0.4) is 0 Å². The quantitative estimate of drug-likeness (QED) is 0.0371. The summed E-state index contributed by atoms with van der Waals surface area (Å²) in [6.07, 6.45) is 3.27. The Bertz CT molecular complexity index is 1740. The van der Waals surface area contributed by atoms with Crippen LogP contribution >= 0.6 is 26.8 Å². The number of aliphatic hydroxyl groups is 1. The van der Waals surface area contributed by atoms with E-state index in [9.17, 15) is 23.9 Å². The maximum absolute atomic E-state index is 13.2. The van der Waals surface area contributed by atoms with Gasteiger partial charge in [0, 0.05) is 19.5 Å². The zero-order valence-electron chi connectivity index (χ0n) is 28.6. The van der Waals surface area contributed by atoms with Gasteiger partial charge in [-0.25, -0.2) is 4.68 Å². The van der Waals surface area contributed by atoms with Gasteiger partial charge in [-0.15, -0.1) is 6.42 Å².